The van der Waals surface area contributed by atoms with Crippen LogP contribution in [-0.4, -0.2) is 19.6 Å². The van der Waals surface area contributed by atoms with E-state index in [1.807, 2.05) is 6.20 Å². The fraction of sp³-hybridized carbons (Fsp3) is 0.333. The third kappa shape index (κ3) is 9.70. The summed E-state index contributed by atoms with van der Waals surface area (Å²) in [4.78, 5) is 10.9. The van der Waals surface area contributed by atoms with Gasteiger partial charge in [-0.2, -0.15) is 0 Å². The van der Waals surface area contributed by atoms with Crippen molar-refractivity contribution in [3.63, 3.8) is 0 Å². The van der Waals surface area contributed by atoms with Crippen LogP contribution in [0.1, 0.15) is 180 Å². The number of aromatic nitrogens is 3. The van der Waals surface area contributed by atoms with Crippen LogP contribution < -0.4 is 0 Å². The average molecular weight is 1020 g/mol. The number of furan rings is 1. The Bertz CT molecular complexity index is 3850. The van der Waals surface area contributed by atoms with Crippen molar-refractivity contribution in [3.05, 3.63) is 179 Å². The zero-order chi connectivity index (χ0) is 55.2. The van der Waals surface area contributed by atoms with Crippen LogP contribution in [0.15, 0.2) is 144 Å². The van der Waals surface area contributed by atoms with Crippen molar-refractivity contribution in [2.24, 2.45) is 0 Å². The van der Waals surface area contributed by atoms with E-state index in [9.17, 15) is 5.11 Å². The summed E-state index contributed by atoms with van der Waals surface area (Å²) in [5, 5.41) is 15.1. The molecule has 394 valence electrons. The van der Waals surface area contributed by atoms with Gasteiger partial charge in [-0.1, -0.05) is 197 Å². The second-order valence-corrected chi connectivity index (χ2v) is 26.1. The Labute approximate surface area is 458 Å². The summed E-state index contributed by atoms with van der Waals surface area (Å²) < 4.78 is 9.71. The molecular formula is C72H79N3O2. The molecule has 0 fully saturated rings. The van der Waals surface area contributed by atoms with Gasteiger partial charge in [0.2, 0.25) is 0 Å². The molecule has 10 rings (SSSR count). The quantitative estimate of drug-likeness (QED) is 0.148. The number of pyridine rings is 1. The number of rotatable bonds is 10. The summed E-state index contributed by atoms with van der Waals surface area (Å²) in [7, 11) is 0. The van der Waals surface area contributed by atoms with Gasteiger partial charge in [-0.25, -0.2) is 4.98 Å². The van der Waals surface area contributed by atoms with Crippen LogP contribution in [-0.2, 0) is 16.2 Å². The number of nitrogens with zero attached hydrogens (tertiary/aromatic N) is 3. The van der Waals surface area contributed by atoms with E-state index in [2.05, 4.69) is 256 Å². The fourth-order valence-electron chi connectivity index (χ4n) is 11.5. The van der Waals surface area contributed by atoms with Gasteiger partial charge in [0.1, 0.15) is 22.7 Å². The van der Waals surface area contributed by atoms with Crippen LogP contribution in [0.3, 0.4) is 0 Å². The maximum atomic E-state index is 12.9. The first-order chi connectivity index (χ1) is 36.3. The maximum absolute atomic E-state index is 12.9. The summed E-state index contributed by atoms with van der Waals surface area (Å²) in [5.41, 5.74) is 21.6. The molecule has 0 aliphatic carbocycles. The number of benzene rings is 7. The van der Waals surface area contributed by atoms with Crippen molar-refractivity contribution in [2.75, 3.05) is 0 Å². The second-order valence-electron chi connectivity index (χ2n) is 26.1. The van der Waals surface area contributed by atoms with Gasteiger partial charge in [0.05, 0.1) is 28.0 Å². The van der Waals surface area contributed by atoms with Gasteiger partial charge in [-0.15, -0.1) is 0 Å². The van der Waals surface area contributed by atoms with Crippen LogP contribution in [0.25, 0.3) is 94.7 Å². The van der Waals surface area contributed by atoms with Gasteiger partial charge in [0.15, 0.2) is 0 Å². The maximum Gasteiger partial charge on any atom is 0.149 e. The van der Waals surface area contributed by atoms with Crippen molar-refractivity contribution in [1.82, 2.24) is 14.5 Å². The van der Waals surface area contributed by atoms with Gasteiger partial charge < -0.3 is 9.52 Å². The predicted octanol–water partition coefficient (Wildman–Crippen LogP) is 20.7. The molecule has 0 amide bonds. The van der Waals surface area contributed by atoms with Crippen molar-refractivity contribution < 1.29 is 9.52 Å². The lowest BCUT2D eigenvalue weighted by Gasteiger charge is -2.28. The molecule has 0 saturated carbocycles. The Morgan fingerprint density at radius 2 is 1.13 bits per heavy atom. The summed E-state index contributed by atoms with van der Waals surface area (Å²) >= 11 is 0. The average Bonchev–Trinajstić information content (AvgIpc) is 4.06. The molecule has 0 unspecified atom stereocenters. The molecule has 0 saturated heterocycles. The van der Waals surface area contributed by atoms with Gasteiger partial charge in [-0.05, 0) is 150 Å². The molecule has 0 aliphatic rings. The first-order valence-electron chi connectivity index (χ1n) is 28.1. The van der Waals surface area contributed by atoms with Crippen molar-refractivity contribution in [3.8, 4) is 67.5 Å². The molecule has 0 bridgehead atoms. The minimum absolute atomic E-state index is 0.0405. The van der Waals surface area contributed by atoms with E-state index in [0.29, 0.717) is 23.2 Å². The smallest absolute Gasteiger partial charge is 0.149 e. The minimum Gasteiger partial charge on any atom is -0.507 e. The van der Waals surface area contributed by atoms with Crippen LogP contribution >= 0.6 is 0 Å². The lowest BCUT2D eigenvalue weighted by Crippen LogP contribution is -2.17. The normalized spacial score (nSPS) is 12.7. The molecule has 5 nitrogen and oxygen atoms in total. The fourth-order valence-corrected chi connectivity index (χ4v) is 11.5. The van der Waals surface area contributed by atoms with E-state index in [-0.39, 0.29) is 33.8 Å². The monoisotopic (exact) mass is 1020 g/mol. The second kappa shape index (κ2) is 19.6. The van der Waals surface area contributed by atoms with Crippen molar-refractivity contribution in [1.29, 1.82) is 0 Å². The topological polar surface area (TPSA) is 64.1 Å². The Hall–Kier alpha value is -7.24. The zero-order valence-electron chi connectivity index (χ0n) is 48.8. The molecule has 0 atom stereocenters. The molecule has 0 spiro atoms. The highest BCUT2D eigenvalue weighted by Crippen LogP contribution is 2.49. The Morgan fingerprint density at radius 1 is 0.494 bits per heavy atom. The van der Waals surface area contributed by atoms with E-state index >= 15 is 0 Å². The van der Waals surface area contributed by atoms with Gasteiger partial charge >= 0.3 is 0 Å². The summed E-state index contributed by atoms with van der Waals surface area (Å²) in [6.45, 7) is 38.5. The predicted molar refractivity (Wildman–Crippen MR) is 327 cm³/mol. The van der Waals surface area contributed by atoms with Crippen molar-refractivity contribution in [2.45, 2.75) is 158 Å². The molecule has 3 aromatic heterocycles. The van der Waals surface area contributed by atoms with E-state index in [0.717, 1.165) is 88.9 Å². The van der Waals surface area contributed by atoms with Crippen LogP contribution in [0.5, 0.6) is 5.75 Å². The third-order valence-corrected chi connectivity index (χ3v) is 15.9. The van der Waals surface area contributed by atoms with Gasteiger partial charge in [-0.3, -0.25) is 9.55 Å². The molecule has 0 radical (unpaired) electrons. The van der Waals surface area contributed by atoms with E-state index < -0.39 is 0 Å². The van der Waals surface area contributed by atoms with Crippen molar-refractivity contribution >= 4 is 33.0 Å². The highest BCUT2D eigenvalue weighted by Gasteiger charge is 2.32. The Kier molecular flexibility index (Phi) is 13.6. The highest BCUT2D eigenvalue weighted by molar-refractivity contribution is 6.09. The number of hydrogen-bond donors (Lipinski definition) is 1. The third-order valence-electron chi connectivity index (χ3n) is 15.9. The van der Waals surface area contributed by atoms with Crippen LogP contribution in [0.4, 0.5) is 0 Å². The Balaban J connectivity index is 1.31. The summed E-state index contributed by atoms with van der Waals surface area (Å²) in [5.74, 6) is 1.82. The first kappa shape index (κ1) is 53.2. The van der Waals surface area contributed by atoms with Crippen LogP contribution in [0, 0.1) is 0 Å². The lowest BCUT2D eigenvalue weighted by molar-refractivity contribution is 0.446. The number of aromatic hydroxyl groups is 1. The molecule has 1 N–H and O–H groups in total. The molecule has 77 heavy (non-hydrogen) atoms. The SMILES string of the molecule is CC(C)c1cccc(C(C)C)c1-c1ccc2c(c1)oc1c(C(C)C)c(-n3c(-c4cc(C(C)(C)C)cc(C(C)(C)C)c4O)nc4c(-c5cc(-c6cc(-c7ccccc7)ccn6)cc(C(C)(C)C)c5)cccc43)c(C(C)C)cc12. The van der Waals surface area contributed by atoms with Gasteiger partial charge in [0, 0.05) is 39.2 Å². The Morgan fingerprint density at radius 3 is 1.75 bits per heavy atom. The van der Waals surface area contributed by atoms with Gasteiger partial charge in [0.25, 0.3) is 0 Å². The minimum atomic E-state index is -0.360. The highest BCUT2D eigenvalue weighted by atomic mass is 16.3. The number of para-hydroxylation sites is 1. The standard InChI is InChI=1S/C72H79N3O2/c1-41(2)52-25-21-26-53(42(3)4)64(52)47-29-30-55-57-40-56(43(5)6)66(63(44(7)8)68(57)77-62(55)37-47)75-61-28-22-27-54(65(61)74-69(75)58-38-51(71(12,13)14)39-59(67(58)76)72(15,16)17)48-33-49(35-50(34-48)70(9,10)11)60-36-46(31-32-73-60)45-23-19-18-20-24-45/h18-44,76H,1-17H3. The van der Waals surface area contributed by atoms with E-state index in [4.69, 9.17) is 14.4 Å². The number of hydrogen-bond acceptors (Lipinski definition) is 4. The largest absolute Gasteiger partial charge is 0.507 e. The number of fused-ring (bicyclic) bond motifs is 4. The number of phenolic OH excluding ortho intramolecular Hbond substituents is 1. The summed E-state index contributed by atoms with van der Waals surface area (Å²) in [6.07, 6.45) is 1.92. The number of imidazole rings is 1. The van der Waals surface area contributed by atoms with Crippen LogP contribution in [0.2, 0.25) is 0 Å². The molecule has 0 aliphatic heterocycles. The number of phenols is 1. The molecular weight excluding hydrogens is 939 g/mol. The van der Waals surface area contributed by atoms with E-state index in [1.165, 1.54) is 33.4 Å². The molecule has 5 heteroatoms. The lowest BCUT2D eigenvalue weighted by atomic mass is 9.78. The summed E-state index contributed by atoms with van der Waals surface area (Å²) in [6, 6.07) is 48.8. The first-order valence-corrected chi connectivity index (χ1v) is 28.1. The molecule has 7 aromatic carbocycles. The zero-order valence-corrected chi connectivity index (χ0v) is 48.8. The molecule has 3 heterocycles. The molecule has 10 aromatic rings. The van der Waals surface area contributed by atoms with E-state index in [1.54, 1.807) is 0 Å².